The second-order valence-corrected chi connectivity index (χ2v) is 8.10. The maximum Gasteiger partial charge on any atom is 0.227 e. The van der Waals surface area contributed by atoms with E-state index in [-0.39, 0.29) is 24.5 Å². The summed E-state index contributed by atoms with van der Waals surface area (Å²) in [7, 11) is 0. The van der Waals surface area contributed by atoms with Gasteiger partial charge in [0.05, 0.1) is 28.8 Å². The Bertz CT molecular complexity index is 838. The number of fused-ring (bicyclic) bond motifs is 1. The van der Waals surface area contributed by atoms with E-state index in [9.17, 15) is 9.90 Å². The van der Waals surface area contributed by atoms with Crippen LogP contribution in [0.3, 0.4) is 0 Å². The first-order valence-corrected chi connectivity index (χ1v) is 9.97. The minimum atomic E-state index is -0.287. The Morgan fingerprint density at radius 2 is 2.07 bits per heavy atom. The molecule has 1 N–H and O–H groups in total. The molecule has 0 saturated carbocycles. The number of nitrogens with zero attached hydrogens (tertiary/aromatic N) is 2. The molecule has 0 bridgehead atoms. The van der Waals surface area contributed by atoms with E-state index in [0.717, 1.165) is 30.7 Å². The van der Waals surface area contributed by atoms with Crippen LogP contribution in [0.2, 0.25) is 10.0 Å². The Hall–Kier alpha value is -1.53. The van der Waals surface area contributed by atoms with Crippen LogP contribution < -0.4 is 0 Å². The van der Waals surface area contributed by atoms with E-state index in [1.807, 2.05) is 17.0 Å². The molecule has 2 aliphatic heterocycles. The molecule has 4 rings (SSSR count). The molecule has 0 aliphatic carbocycles. The number of amides is 1. The van der Waals surface area contributed by atoms with Crippen LogP contribution in [-0.2, 0) is 17.6 Å². The first-order valence-electron chi connectivity index (χ1n) is 9.21. The van der Waals surface area contributed by atoms with Gasteiger partial charge in [0.2, 0.25) is 5.91 Å². The van der Waals surface area contributed by atoms with Crippen LogP contribution in [0.5, 0.6) is 0 Å². The van der Waals surface area contributed by atoms with E-state index in [0.29, 0.717) is 29.7 Å². The summed E-state index contributed by atoms with van der Waals surface area (Å²) in [6.07, 6.45) is 3.24. The van der Waals surface area contributed by atoms with Crippen molar-refractivity contribution in [2.24, 2.45) is 0 Å². The van der Waals surface area contributed by atoms with Crippen LogP contribution in [0.1, 0.15) is 29.3 Å². The van der Waals surface area contributed by atoms with Crippen molar-refractivity contribution in [2.75, 3.05) is 26.2 Å². The monoisotopic (exact) mass is 408 g/mol. The number of halogens is 2. The molecule has 1 aromatic carbocycles. The fraction of sp³-hybridized carbons (Fsp3) is 0.450. The van der Waals surface area contributed by atoms with Crippen LogP contribution in [0.4, 0.5) is 0 Å². The largest absolute Gasteiger partial charge is 0.467 e. The van der Waals surface area contributed by atoms with Crippen LogP contribution >= 0.6 is 23.2 Å². The Kier molecular flexibility index (Phi) is 5.46. The van der Waals surface area contributed by atoms with E-state index in [4.69, 9.17) is 27.6 Å². The molecular formula is C20H22Cl2N2O3. The summed E-state index contributed by atoms with van der Waals surface area (Å²) >= 11 is 12.1. The fourth-order valence-corrected chi connectivity index (χ4v) is 4.33. The van der Waals surface area contributed by atoms with E-state index in [1.54, 1.807) is 18.4 Å². The minimum absolute atomic E-state index is 0.0418. The lowest BCUT2D eigenvalue weighted by Crippen LogP contribution is -2.45. The van der Waals surface area contributed by atoms with Gasteiger partial charge in [-0.3, -0.25) is 9.69 Å². The summed E-state index contributed by atoms with van der Waals surface area (Å²) < 4.78 is 5.75. The Balaban J connectivity index is 1.53. The number of aliphatic hydroxyl groups excluding tert-OH is 1. The zero-order chi connectivity index (χ0) is 19.0. The predicted molar refractivity (Wildman–Crippen MR) is 104 cm³/mol. The van der Waals surface area contributed by atoms with E-state index >= 15 is 0 Å². The average Bonchev–Trinajstić information content (AvgIpc) is 3.27. The van der Waals surface area contributed by atoms with Gasteiger partial charge in [0.15, 0.2) is 0 Å². The molecule has 5 nitrogen and oxygen atoms in total. The highest BCUT2D eigenvalue weighted by Gasteiger charge is 2.35. The molecule has 3 heterocycles. The molecule has 1 saturated heterocycles. The van der Waals surface area contributed by atoms with Gasteiger partial charge in [0.1, 0.15) is 11.8 Å². The molecule has 1 fully saturated rings. The van der Waals surface area contributed by atoms with Crippen molar-refractivity contribution in [3.05, 3.63) is 57.5 Å². The quantitative estimate of drug-likeness (QED) is 0.842. The number of hydrogen-bond donors (Lipinski definition) is 1. The summed E-state index contributed by atoms with van der Waals surface area (Å²) in [5.41, 5.74) is 2.01. The zero-order valence-electron chi connectivity index (χ0n) is 14.9. The third-order valence-corrected chi connectivity index (χ3v) is 6.16. The molecule has 0 radical (unpaired) electrons. The predicted octanol–water partition coefficient (Wildman–Crippen LogP) is 3.32. The lowest BCUT2D eigenvalue weighted by molar-refractivity contribution is -0.134. The molecule has 2 atom stereocenters. The molecule has 1 aromatic heterocycles. The van der Waals surface area contributed by atoms with Gasteiger partial charge in [-0.15, -0.1) is 0 Å². The normalized spacial score (nSPS) is 22.9. The van der Waals surface area contributed by atoms with Gasteiger partial charge in [0.25, 0.3) is 0 Å². The maximum atomic E-state index is 13.1. The molecule has 0 spiro atoms. The second-order valence-electron chi connectivity index (χ2n) is 7.29. The number of carbonyl (C=O) groups excluding carboxylic acids is 1. The number of aliphatic hydroxyl groups is 1. The highest BCUT2D eigenvalue weighted by atomic mass is 35.5. The van der Waals surface area contributed by atoms with Gasteiger partial charge in [0, 0.05) is 26.2 Å². The molecular weight excluding hydrogens is 387 g/mol. The molecule has 2 unspecified atom stereocenters. The molecule has 144 valence electrons. The van der Waals surface area contributed by atoms with Crippen molar-refractivity contribution in [3.8, 4) is 0 Å². The SMILES string of the molecule is O=C(Cc1ccc(Cl)c(Cl)c1)N1CCc2ccoc2C1CN1CCC(O)C1. The van der Waals surface area contributed by atoms with Crippen molar-refractivity contribution in [1.82, 2.24) is 9.80 Å². The van der Waals surface area contributed by atoms with Gasteiger partial charge < -0.3 is 14.4 Å². The smallest absolute Gasteiger partial charge is 0.227 e. The molecule has 2 aliphatic rings. The number of β-amino-alcohol motifs (C(OH)–C–C–N with tert-alkyl or cyclic N) is 1. The van der Waals surface area contributed by atoms with Crippen LogP contribution in [0.15, 0.2) is 34.9 Å². The Morgan fingerprint density at radius 1 is 1.22 bits per heavy atom. The average molecular weight is 409 g/mol. The summed E-state index contributed by atoms with van der Waals surface area (Å²) in [4.78, 5) is 17.2. The molecule has 7 heteroatoms. The van der Waals surface area contributed by atoms with Gasteiger partial charge in [-0.1, -0.05) is 29.3 Å². The van der Waals surface area contributed by atoms with Crippen LogP contribution in [0.25, 0.3) is 0 Å². The Morgan fingerprint density at radius 3 is 2.81 bits per heavy atom. The first-order chi connectivity index (χ1) is 13.0. The summed E-state index contributed by atoms with van der Waals surface area (Å²) in [6.45, 7) is 2.81. The first kappa shape index (κ1) is 18.8. The number of benzene rings is 1. The molecule has 1 amide bonds. The second kappa shape index (κ2) is 7.84. The maximum absolute atomic E-state index is 13.1. The topological polar surface area (TPSA) is 56.9 Å². The lowest BCUT2D eigenvalue weighted by atomic mass is 9.99. The van der Waals surface area contributed by atoms with Crippen molar-refractivity contribution in [2.45, 2.75) is 31.4 Å². The van der Waals surface area contributed by atoms with Gasteiger partial charge in [-0.25, -0.2) is 0 Å². The zero-order valence-corrected chi connectivity index (χ0v) is 16.4. The highest BCUT2D eigenvalue weighted by Crippen LogP contribution is 2.33. The van der Waals surface area contributed by atoms with Gasteiger partial charge in [-0.05, 0) is 42.2 Å². The van der Waals surface area contributed by atoms with E-state index < -0.39 is 0 Å². The number of carbonyl (C=O) groups is 1. The van der Waals surface area contributed by atoms with Crippen LogP contribution in [0, 0.1) is 0 Å². The third-order valence-electron chi connectivity index (χ3n) is 5.42. The number of rotatable bonds is 4. The minimum Gasteiger partial charge on any atom is -0.467 e. The summed E-state index contributed by atoms with van der Waals surface area (Å²) in [6, 6.07) is 7.15. The van der Waals surface area contributed by atoms with Crippen molar-refractivity contribution in [1.29, 1.82) is 0 Å². The standard InChI is InChI=1S/C20H22Cl2N2O3/c21-16-2-1-13(9-17(16)22)10-19(26)24-7-3-14-5-8-27-20(14)18(24)12-23-6-4-15(25)11-23/h1-2,5,8-9,15,18,25H,3-4,6-7,10-12H2. The van der Waals surface area contributed by atoms with Crippen molar-refractivity contribution in [3.63, 3.8) is 0 Å². The third kappa shape index (κ3) is 4.02. The lowest BCUT2D eigenvalue weighted by Gasteiger charge is -2.37. The highest BCUT2D eigenvalue weighted by molar-refractivity contribution is 6.42. The number of furan rings is 1. The van der Waals surface area contributed by atoms with Gasteiger partial charge >= 0.3 is 0 Å². The van der Waals surface area contributed by atoms with Gasteiger partial charge in [-0.2, -0.15) is 0 Å². The van der Waals surface area contributed by atoms with Crippen molar-refractivity contribution < 1.29 is 14.3 Å². The fourth-order valence-electron chi connectivity index (χ4n) is 4.01. The molecule has 27 heavy (non-hydrogen) atoms. The summed E-state index contributed by atoms with van der Waals surface area (Å²) in [5.74, 6) is 0.908. The van der Waals surface area contributed by atoms with E-state index in [2.05, 4.69) is 4.90 Å². The molecule has 2 aromatic rings. The summed E-state index contributed by atoms with van der Waals surface area (Å²) in [5, 5.41) is 10.8. The van der Waals surface area contributed by atoms with Crippen LogP contribution in [-0.4, -0.2) is 53.1 Å². The van der Waals surface area contributed by atoms with E-state index in [1.165, 1.54) is 5.56 Å². The number of likely N-dealkylation sites (tertiary alicyclic amines) is 1. The number of hydrogen-bond acceptors (Lipinski definition) is 4. The Labute approximate surface area is 168 Å². The van der Waals surface area contributed by atoms with Crippen molar-refractivity contribution >= 4 is 29.1 Å².